The van der Waals surface area contributed by atoms with Gasteiger partial charge in [0.2, 0.25) is 11.8 Å². The standard InChI is InChI=1S/C21H23N3O4/c1-14-4-3-5-16(10-14)23-19(25)13-28-18-8-6-17(7-9-18)24-12-15(11-20(24)26)21(27)22-2/h3-10,15H,11-13H2,1-2H3,(H,22,27)(H,23,25)/t15-/m1/s1. The van der Waals surface area contributed by atoms with Crippen molar-refractivity contribution >= 4 is 29.1 Å². The number of nitrogens with zero attached hydrogens (tertiary/aromatic N) is 1. The van der Waals surface area contributed by atoms with Crippen molar-refractivity contribution < 1.29 is 19.1 Å². The fourth-order valence-electron chi connectivity index (χ4n) is 3.13. The summed E-state index contributed by atoms with van der Waals surface area (Å²) in [7, 11) is 1.57. The lowest BCUT2D eigenvalue weighted by molar-refractivity contribution is -0.125. The summed E-state index contributed by atoms with van der Waals surface area (Å²) < 4.78 is 5.51. The zero-order chi connectivity index (χ0) is 20.1. The summed E-state index contributed by atoms with van der Waals surface area (Å²) in [6.45, 7) is 2.20. The Labute approximate surface area is 163 Å². The average Bonchev–Trinajstić information content (AvgIpc) is 3.08. The van der Waals surface area contributed by atoms with Crippen LogP contribution in [0.3, 0.4) is 0 Å². The maximum Gasteiger partial charge on any atom is 0.262 e. The summed E-state index contributed by atoms with van der Waals surface area (Å²) in [5.41, 5.74) is 2.49. The highest BCUT2D eigenvalue weighted by atomic mass is 16.5. The first-order valence-electron chi connectivity index (χ1n) is 9.07. The number of carbonyl (C=O) groups excluding carboxylic acids is 3. The molecule has 0 aliphatic carbocycles. The molecule has 3 amide bonds. The van der Waals surface area contributed by atoms with Gasteiger partial charge in [0.05, 0.1) is 5.92 Å². The van der Waals surface area contributed by atoms with E-state index in [1.165, 1.54) is 0 Å². The van der Waals surface area contributed by atoms with E-state index in [1.54, 1.807) is 36.2 Å². The van der Waals surface area contributed by atoms with Crippen molar-refractivity contribution in [2.45, 2.75) is 13.3 Å². The minimum atomic E-state index is -0.334. The molecule has 2 N–H and O–H groups in total. The minimum Gasteiger partial charge on any atom is -0.484 e. The molecule has 1 aliphatic rings. The molecule has 0 bridgehead atoms. The van der Waals surface area contributed by atoms with Gasteiger partial charge in [0.15, 0.2) is 6.61 Å². The fraction of sp³-hybridized carbons (Fsp3) is 0.286. The van der Waals surface area contributed by atoms with Crippen LogP contribution in [0.2, 0.25) is 0 Å². The first-order chi connectivity index (χ1) is 13.5. The molecule has 7 nitrogen and oxygen atoms in total. The molecule has 1 aliphatic heterocycles. The molecule has 0 radical (unpaired) electrons. The summed E-state index contributed by atoms with van der Waals surface area (Å²) in [4.78, 5) is 37.5. The molecule has 1 fully saturated rings. The van der Waals surface area contributed by atoms with E-state index in [-0.39, 0.29) is 36.7 Å². The normalized spacial score (nSPS) is 16.0. The van der Waals surface area contributed by atoms with E-state index >= 15 is 0 Å². The number of ether oxygens (including phenoxy) is 1. The van der Waals surface area contributed by atoms with Crippen LogP contribution in [0, 0.1) is 12.8 Å². The lowest BCUT2D eigenvalue weighted by Crippen LogP contribution is -2.30. The molecule has 146 valence electrons. The Balaban J connectivity index is 1.54. The predicted octanol–water partition coefficient (Wildman–Crippen LogP) is 2.11. The third-order valence-electron chi connectivity index (χ3n) is 4.56. The van der Waals surface area contributed by atoms with E-state index in [4.69, 9.17) is 4.74 Å². The Kier molecular flexibility index (Phi) is 5.93. The highest BCUT2D eigenvalue weighted by molar-refractivity contribution is 6.00. The van der Waals surface area contributed by atoms with Gasteiger partial charge in [-0.05, 0) is 48.9 Å². The molecule has 1 heterocycles. The van der Waals surface area contributed by atoms with Gasteiger partial charge < -0.3 is 20.3 Å². The van der Waals surface area contributed by atoms with E-state index in [2.05, 4.69) is 10.6 Å². The molecule has 2 aromatic rings. The lowest BCUT2D eigenvalue weighted by Gasteiger charge is -2.17. The molecule has 0 spiro atoms. The van der Waals surface area contributed by atoms with Crippen molar-refractivity contribution in [3.63, 3.8) is 0 Å². The van der Waals surface area contributed by atoms with Gasteiger partial charge in [-0.2, -0.15) is 0 Å². The number of rotatable bonds is 6. The maximum absolute atomic E-state index is 12.2. The summed E-state index contributed by atoms with van der Waals surface area (Å²) in [6, 6.07) is 14.4. The third-order valence-corrected chi connectivity index (χ3v) is 4.56. The number of carbonyl (C=O) groups is 3. The van der Waals surface area contributed by atoms with E-state index < -0.39 is 0 Å². The van der Waals surface area contributed by atoms with Crippen molar-refractivity contribution in [2.75, 3.05) is 30.4 Å². The number of hydrogen-bond acceptors (Lipinski definition) is 4. The van der Waals surface area contributed by atoms with Gasteiger partial charge in [0.1, 0.15) is 5.75 Å². The highest BCUT2D eigenvalue weighted by Crippen LogP contribution is 2.27. The Morgan fingerprint density at radius 1 is 1.18 bits per heavy atom. The molecule has 0 saturated carbocycles. The first kappa shape index (κ1) is 19.4. The largest absolute Gasteiger partial charge is 0.484 e. The molecule has 7 heteroatoms. The molecule has 28 heavy (non-hydrogen) atoms. The van der Waals surface area contributed by atoms with Gasteiger partial charge in [-0.3, -0.25) is 14.4 Å². The second-order valence-corrected chi connectivity index (χ2v) is 6.72. The Morgan fingerprint density at radius 2 is 1.93 bits per heavy atom. The number of nitrogens with one attached hydrogen (secondary N) is 2. The van der Waals surface area contributed by atoms with Crippen molar-refractivity contribution in [1.29, 1.82) is 0 Å². The number of anilines is 2. The SMILES string of the molecule is CNC(=O)[C@@H]1CC(=O)N(c2ccc(OCC(=O)Nc3cccc(C)c3)cc2)C1. The van der Waals surface area contributed by atoms with Crippen molar-refractivity contribution in [1.82, 2.24) is 5.32 Å². The molecular weight excluding hydrogens is 358 g/mol. The van der Waals surface area contributed by atoms with Crippen LogP contribution in [0.15, 0.2) is 48.5 Å². The van der Waals surface area contributed by atoms with Gasteiger partial charge in [0, 0.05) is 31.4 Å². The van der Waals surface area contributed by atoms with Gasteiger partial charge >= 0.3 is 0 Å². The fourth-order valence-corrected chi connectivity index (χ4v) is 3.13. The molecular formula is C21H23N3O4. The second-order valence-electron chi connectivity index (χ2n) is 6.72. The maximum atomic E-state index is 12.2. The summed E-state index contributed by atoms with van der Waals surface area (Å²) >= 11 is 0. The molecule has 2 aromatic carbocycles. The second kappa shape index (κ2) is 8.56. The lowest BCUT2D eigenvalue weighted by atomic mass is 10.1. The summed E-state index contributed by atoms with van der Waals surface area (Å²) in [6.07, 6.45) is 0.205. The quantitative estimate of drug-likeness (QED) is 0.802. The van der Waals surface area contributed by atoms with Gasteiger partial charge in [0.25, 0.3) is 5.91 Å². The van der Waals surface area contributed by atoms with Crippen molar-refractivity contribution in [3.8, 4) is 5.75 Å². The van der Waals surface area contributed by atoms with Crippen LogP contribution >= 0.6 is 0 Å². The van der Waals surface area contributed by atoms with E-state index in [1.807, 2.05) is 31.2 Å². The summed E-state index contributed by atoms with van der Waals surface area (Å²) in [5, 5.41) is 5.36. The number of hydrogen-bond donors (Lipinski definition) is 2. The van der Waals surface area contributed by atoms with Crippen LogP contribution in [-0.2, 0) is 14.4 Å². The van der Waals surface area contributed by atoms with Crippen LogP contribution < -0.4 is 20.3 Å². The average molecular weight is 381 g/mol. The van der Waals surface area contributed by atoms with E-state index in [0.717, 1.165) is 11.3 Å². The third kappa shape index (κ3) is 4.68. The van der Waals surface area contributed by atoms with Crippen LogP contribution in [0.5, 0.6) is 5.75 Å². The van der Waals surface area contributed by atoms with Gasteiger partial charge in [-0.1, -0.05) is 12.1 Å². The van der Waals surface area contributed by atoms with Crippen LogP contribution in [0.25, 0.3) is 0 Å². The van der Waals surface area contributed by atoms with Crippen LogP contribution in [0.1, 0.15) is 12.0 Å². The Bertz CT molecular complexity index is 879. The van der Waals surface area contributed by atoms with E-state index in [0.29, 0.717) is 18.0 Å². The van der Waals surface area contributed by atoms with Crippen molar-refractivity contribution in [2.24, 2.45) is 5.92 Å². The highest BCUT2D eigenvalue weighted by Gasteiger charge is 2.34. The number of benzene rings is 2. The van der Waals surface area contributed by atoms with Gasteiger partial charge in [-0.25, -0.2) is 0 Å². The van der Waals surface area contributed by atoms with Crippen molar-refractivity contribution in [3.05, 3.63) is 54.1 Å². The Hall–Kier alpha value is -3.35. The molecule has 0 unspecified atom stereocenters. The van der Waals surface area contributed by atoms with Crippen LogP contribution in [0.4, 0.5) is 11.4 Å². The molecule has 1 atom stereocenters. The van der Waals surface area contributed by atoms with Gasteiger partial charge in [-0.15, -0.1) is 0 Å². The molecule has 1 saturated heterocycles. The monoisotopic (exact) mass is 381 g/mol. The van der Waals surface area contributed by atoms with E-state index in [9.17, 15) is 14.4 Å². The number of aryl methyl sites for hydroxylation is 1. The molecule has 0 aromatic heterocycles. The first-order valence-corrected chi connectivity index (χ1v) is 9.07. The topological polar surface area (TPSA) is 87.7 Å². The number of amides is 3. The van der Waals surface area contributed by atoms with Crippen LogP contribution in [-0.4, -0.2) is 37.9 Å². The smallest absolute Gasteiger partial charge is 0.262 e. The molecule has 3 rings (SSSR count). The summed E-state index contributed by atoms with van der Waals surface area (Å²) in [5.74, 6) is -0.274. The zero-order valence-corrected chi connectivity index (χ0v) is 15.9. The predicted molar refractivity (Wildman–Crippen MR) is 106 cm³/mol. The zero-order valence-electron chi connectivity index (χ0n) is 15.9. The Morgan fingerprint density at radius 3 is 2.61 bits per heavy atom. The minimum absolute atomic E-state index is 0.0835.